The standard InChI is InChI=1S/C26H31FN4O4/c1-15-12-19(34-11-7-10-25(4,5)33)14-29-22(15)23(32)30-18-8-9-21(27)20(13-18)26(6)16(2)17(3)35-24(28)31-26/h8-9,12-14,16-17,33H,11H2,1-6H3,(H2,28,31)(H,30,32)/t16-,17?,26-/m1/s1. The molecular formula is C26H31FN4O4. The quantitative estimate of drug-likeness (QED) is 0.561. The Labute approximate surface area is 204 Å². The summed E-state index contributed by atoms with van der Waals surface area (Å²) in [6.07, 6.45) is 1.16. The fourth-order valence-corrected chi connectivity index (χ4v) is 3.83. The van der Waals surface area contributed by atoms with Gasteiger partial charge in [-0.1, -0.05) is 18.8 Å². The molecule has 0 saturated heterocycles. The first-order valence-electron chi connectivity index (χ1n) is 11.3. The van der Waals surface area contributed by atoms with Gasteiger partial charge in [0.05, 0.1) is 11.7 Å². The third-order valence-electron chi connectivity index (χ3n) is 5.98. The highest BCUT2D eigenvalue weighted by molar-refractivity contribution is 6.03. The molecule has 1 aliphatic rings. The highest BCUT2D eigenvalue weighted by Crippen LogP contribution is 2.41. The third kappa shape index (κ3) is 6.08. The van der Waals surface area contributed by atoms with Crippen molar-refractivity contribution in [2.75, 3.05) is 11.9 Å². The van der Waals surface area contributed by atoms with E-state index in [1.807, 2.05) is 13.8 Å². The smallest absolute Gasteiger partial charge is 0.283 e. The summed E-state index contributed by atoms with van der Waals surface area (Å²) in [6.45, 7) is 10.5. The van der Waals surface area contributed by atoms with Crippen molar-refractivity contribution in [2.45, 2.75) is 58.8 Å². The van der Waals surface area contributed by atoms with E-state index in [1.54, 1.807) is 39.8 Å². The fraction of sp³-hybridized carbons (Fsp3) is 0.423. The topological polar surface area (TPSA) is 119 Å². The van der Waals surface area contributed by atoms with Gasteiger partial charge < -0.3 is 25.6 Å². The summed E-state index contributed by atoms with van der Waals surface area (Å²) in [5, 5.41) is 12.4. The van der Waals surface area contributed by atoms with Gasteiger partial charge in [0.2, 0.25) is 0 Å². The van der Waals surface area contributed by atoms with E-state index in [2.05, 4.69) is 27.1 Å². The Hall–Kier alpha value is -3.64. The molecule has 0 aliphatic carbocycles. The number of aliphatic hydroxyl groups is 1. The first kappa shape index (κ1) is 26.0. The van der Waals surface area contributed by atoms with Crippen molar-refractivity contribution >= 4 is 17.6 Å². The van der Waals surface area contributed by atoms with Crippen molar-refractivity contribution in [3.05, 3.63) is 53.1 Å². The molecule has 0 fully saturated rings. The van der Waals surface area contributed by atoms with Crippen molar-refractivity contribution in [2.24, 2.45) is 16.6 Å². The number of rotatable bonds is 5. The molecule has 1 aliphatic heterocycles. The number of aryl methyl sites for hydroxylation is 1. The van der Waals surface area contributed by atoms with E-state index in [-0.39, 0.29) is 30.3 Å². The molecule has 0 bridgehead atoms. The van der Waals surface area contributed by atoms with E-state index in [9.17, 15) is 14.3 Å². The second-order valence-electron chi connectivity index (χ2n) is 9.34. The molecule has 9 heteroatoms. The molecule has 4 N–H and O–H groups in total. The molecule has 186 valence electrons. The van der Waals surface area contributed by atoms with Crippen LogP contribution in [0.4, 0.5) is 10.1 Å². The Morgan fingerprint density at radius 2 is 2.09 bits per heavy atom. The van der Waals surface area contributed by atoms with E-state index in [1.165, 1.54) is 18.3 Å². The number of benzene rings is 1. The van der Waals surface area contributed by atoms with E-state index in [0.29, 0.717) is 22.6 Å². The lowest BCUT2D eigenvalue weighted by Crippen LogP contribution is -2.45. The van der Waals surface area contributed by atoms with Crippen LogP contribution < -0.4 is 15.8 Å². The molecule has 1 amide bonds. The Kier molecular flexibility index (Phi) is 7.36. The van der Waals surface area contributed by atoms with Gasteiger partial charge in [0, 0.05) is 17.2 Å². The monoisotopic (exact) mass is 482 g/mol. The SMILES string of the molecule is Cc1cc(OCC#CC(C)(C)O)cnc1C(=O)Nc1ccc(F)c([C@]2(C)N=C(N)OC(C)[C@H]2C)c1. The number of anilines is 1. The lowest BCUT2D eigenvalue weighted by atomic mass is 9.77. The predicted molar refractivity (Wildman–Crippen MR) is 132 cm³/mol. The summed E-state index contributed by atoms with van der Waals surface area (Å²) in [5.41, 5.74) is 5.26. The maximum Gasteiger partial charge on any atom is 0.283 e. The number of aromatic nitrogens is 1. The van der Waals surface area contributed by atoms with Gasteiger partial charge in [0.25, 0.3) is 11.9 Å². The number of hydrogen-bond acceptors (Lipinski definition) is 7. The molecule has 0 saturated carbocycles. The fourth-order valence-electron chi connectivity index (χ4n) is 3.83. The summed E-state index contributed by atoms with van der Waals surface area (Å²) in [4.78, 5) is 21.5. The normalized spacial score (nSPS) is 21.8. The summed E-state index contributed by atoms with van der Waals surface area (Å²) in [6, 6.07) is 6.01. The second kappa shape index (κ2) is 9.92. The molecule has 0 spiro atoms. The average molecular weight is 483 g/mol. The highest BCUT2D eigenvalue weighted by atomic mass is 19.1. The van der Waals surface area contributed by atoms with E-state index >= 15 is 0 Å². The van der Waals surface area contributed by atoms with Crippen molar-refractivity contribution in [1.82, 2.24) is 4.98 Å². The zero-order chi connectivity index (χ0) is 26.0. The number of carbonyl (C=O) groups excluding carboxylic acids is 1. The van der Waals surface area contributed by atoms with Gasteiger partial charge in [-0.25, -0.2) is 14.4 Å². The van der Waals surface area contributed by atoms with Gasteiger partial charge in [-0.05, 0) is 64.4 Å². The zero-order valence-electron chi connectivity index (χ0n) is 20.8. The third-order valence-corrected chi connectivity index (χ3v) is 5.98. The number of pyridine rings is 1. The van der Waals surface area contributed by atoms with Gasteiger partial charge >= 0.3 is 0 Å². The zero-order valence-corrected chi connectivity index (χ0v) is 20.8. The molecule has 2 aromatic rings. The Morgan fingerprint density at radius 1 is 1.37 bits per heavy atom. The van der Waals surface area contributed by atoms with Crippen LogP contribution in [0.3, 0.4) is 0 Å². The summed E-state index contributed by atoms with van der Waals surface area (Å²) in [7, 11) is 0. The number of nitrogens with two attached hydrogens (primary N) is 1. The van der Waals surface area contributed by atoms with Crippen molar-refractivity contribution in [3.8, 4) is 17.6 Å². The number of aliphatic imine (C=N–C) groups is 1. The molecule has 0 radical (unpaired) electrons. The number of ether oxygens (including phenoxy) is 2. The molecule has 3 atom stereocenters. The maximum atomic E-state index is 14.9. The van der Waals surface area contributed by atoms with E-state index in [0.717, 1.165) is 0 Å². The average Bonchev–Trinajstić information content (AvgIpc) is 2.75. The molecule has 2 heterocycles. The lowest BCUT2D eigenvalue weighted by Gasteiger charge is -2.40. The minimum atomic E-state index is -1.10. The van der Waals surface area contributed by atoms with E-state index < -0.39 is 22.9 Å². The van der Waals surface area contributed by atoms with Crippen molar-refractivity contribution in [1.29, 1.82) is 0 Å². The van der Waals surface area contributed by atoms with Crippen LogP contribution in [0, 0.1) is 30.5 Å². The number of hydrogen-bond donors (Lipinski definition) is 3. The summed E-state index contributed by atoms with van der Waals surface area (Å²) in [5.74, 6) is 4.76. The minimum absolute atomic E-state index is 0.000117. The highest BCUT2D eigenvalue weighted by Gasteiger charge is 2.42. The number of nitrogens with one attached hydrogen (secondary N) is 1. The van der Waals surface area contributed by atoms with Crippen LogP contribution in [0.25, 0.3) is 0 Å². The predicted octanol–water partition coefficient (Wildman–Crippen LogP) is 3.52. The summed E-state index contributed by atoms with van der Waals surface area (Å²) >= 11 is 0. The summed E-state index contributed by atoms with van der Waals surface area (Å²) < 4.78 is 25.9. The van der Waals surface area contributed by atoms with Crippen LogP contribution in [-0.2, 0) is 10.3 Å². The number of nitrogens with zero attached hydrogens (tertiary/aromatic N) is 2. The van der Waals surface area contributed by atoms with Crippen molar-refractivity contribution in [3.63, 3.8) is 0 Å². The van der Waals surface area contributed by atoms with Gasteiger partial charge in [-0.2, -0.15) is 0 Å². The van der Waals surface area contributed by atoms with Crippen LogP contribution in [0.5, 0.6) is 5.75 Å². The first-order valence-corrected chi connectivity index (χ1v) is 11.3. The molecule has 3 rings (SSSR count). The molecule has 1 aromatic heterocycles. The second-order valence-corrected chi connectivity index (χ2v) is 9.34. The number of halogens is 1. The molecule has 8 nitrogen and oxygen atoms in total. The Balaban J connectivity index is 1.78. The molecule has 35 heavy (non-hydrogen) atoms. The first-order chi connectivity index (χ1) is 16.3. The lowest BCUT2D eigenvalue weighted by molar-refractivity contribution is 0.0703. The molecular weight excluding hydrogens is 451 g/mol. The van der Waals surface area contributed by atoms with Gasteiger partial charge in [-0.3, -0.25) is 4.79 Å². The van der Waals surface area contributed by atoms with Crippen LogP contribution >= 0.6 is 0 Å². The van der Waals surface area contributed by atoms with Gasteiger partial charge in [0.15, 0.2) is 0 Å². The van der Waals surface area contributed by atoms with Crippen LogP contribution in [0.15, 0.2) is 35.5 Å². The number of amides is 1. The maximum absolute atomic E-state index is 14.9. The van der Waals surface area contributed by atoms with Crippen molar-refractivity contribution < 1.29 is 23.8 Å². The van der Waals surface area contributed by atoms with Gasteiger partial charge in [0.1, 0.15) is 35.6 Å². The number of carbonyl (C=O) groups is 1. The molecule has 1 aromatic carbocycles. The van der Waals surface area contributed by atoms with E-state index in [4.69, 9.17) is 15.2 Å². The van der Waals surface area contributed by atoms with Crippen LogP contribution in [0.2, 0.25) is 0 Å². The van der Waals surface area contributed by atoms with Crippen LogP contribution in [-0.4, -0.2) is 40.3 Å². The van der Waals surface area contributed by atoms with Gasteiger partial charge in [-0.15, -0.1) is 0 Å². The molecule has 1 unspecified atom stereocenters. The number of amidine groups is 1. The minimum Gasteiger partial charge on any atom is -0.479 e. The Bertz CT molecular complexity index is 1210. The Morgan fingerprint density at radius 3 is 2.74 bits per heavy atom. The largest absolute Gasteiger partial charge is 0.479 e. The van der Waals surface area contributed by atoms with Crippen LogP contribution in [0.1, 0.15) is 56.2 Å².